The summed E-state index contributed by atoms with van der Waals surface area (Å²) in [7, 11) is 0. The van der Waals surface area contributed by atoms with Gasteiger partial charge in [0.25, 0.3) is 0 Å². The van der Waals surface area contributed by atoms with Crippen LogP contribution in [-0.4, -0.2) is 0 Å². The van der Waals surface area contributed by atoms with Crippen LogP contribution in [0, 0.1) is 0 Å². The van der Waals surface area contributed by atoms with Gasteiger partial charge in [0.05, 0.1) is 0 Å². The van der Waals surface area contributed by atoms with E-state index in [1.54, 1.807) is 0 Å². The lowest BCUT2D eigenvalue weighted by Gasteiger charge is -1.93. The number of unbranched alkanes of at least 4 members (excludes halogenated alkanes) is 4. The molecule has 0 radical (unpaired) electrons. The SMILES string of the molecule is CCCCCc1cc2c(ccc3sc(/C=C/c4cc5c(ccc6sc(CCCCC)cc65)s4)cc32)s1. The normalized spacial score (nSPS) is 12.4. The second-order valence-corrected chi connectivity index (χ2v) is 14.3. The quantitative estimate of drug-likeness (QED) is 0.150. The number of hydrogen-bond donors (Lipinski definition) is 0. The fraction of sp³-hybridized carbons (Fsp3) is 0.312. The van der Waals surface area contributed by atoms with Gasteiger partial charge < -0.3 is 0 Å². The minimum Gasteiger partial charge on any atom is -0.140 e. The standard InChI is InChI=1S/C32H32S4/c1-3-5-7-9-21-17-25-27-19-23(35-31(27)15-13-29(25)33-21)11-12-24-20-28-26-18-22(10-8-6-4-2)34-30(26)14-16-32(28)36-24/h11-20H,3-10H2,1-2H3/b12-11+. The first-order valence-corrected chi connectivity index (χ1v) is 16.6. The van der Waals surface area contributed by atoms with Gasteiger partial charge >= 0.3 is 0 Å². The summed E-state index contributed by atoms with van der Waals surface area (Å²) in [6.45, 7) is 4.56. The molecule has 0 saturated carbocycles. The highest BCUT2D eigenvalue weighted by Crippen LogP contribution is 2.39. The molecule has 4 aromatic heterocycles. The highest BCUT2D eigenvalue weighted by Gasteiger charge is 2.10. The van der Waals surface area contributed by atoms with E-state index in [1.807, 2.05) is 45.3 Å². The molecule has 0 aliphatic heterocycles. The van der Waals surface area contributed by atoms with Crippen molar-refractivity contribution in [2.24, 2.45) is 0 Å². The molecule has 0 bridgehead atoms. The highest BCUT2D eigenvalue weighted by atomic mass is 32.1. The molecule has 4 heterocycles. The molecule has 0 aliphatic carbocycles. The van der Waals surface area contributed by atoms with Crippen molar-refractivity contribution in [3.05, 3.63) is 68.0 Å². The van der Waals surface area contributed by atoms with Gasteiger partial charge in [-0.05, 0) is 86.4 Å². The molecule has 2 aromatic carbocycles. The van der Waals surface area contributed by atoms with Crippen LogP contribution in [0.25, 0.3) is 52.5 Å². The minimum atomic E-state index is 1.22. The van der Waals surface area contributed by atoms with Crippen LogP contribution in [0.4, 0.5) is 0 Å². The van der Waals surface area contributed by atoms with E-state index >= 15 is 0 Å². The van der Waals surface area contributed by atoms with Crippen molar-refractivity contribution < 1.29 is 0 Å². The Labute approximate surface area is 229 Å². The van der Waals surface area contributed by atoms with Gasteiger partial charge in [-0.15, -0.1) is 45.3 Å². The summed E-state index contributed by atoms with van der Waals surface area (Å²) in [5, 5.41) is 5.72. The zero-order chi connectivity index (χ0) is 24.5. The average Bonchev–Trinajstić information content (AvgIpc) is 3.65. The van der Waals surface area contributed by atoms with Gasteiger partial charge in [0, 0.05) is 59.9 Å². The lowest BCUT2D eigenvalue weighted by molar-refractivity contribution is 0.723. The maximum absolute atomic E-state index is 2.45. The molecule has 184 valence electrons. The van der Waals surface area contributed by atoms with Gasteiger partial charge in [0.15, 0.2) is 0 Å². The Morgan fingerprint density at radius 3 is 1.31 bits per heavy atom. The van der Waals surface area contributed by atoms with Crippen molar-refractivity contribution in [1.29, 1.82) is 0 Å². The molecule has 6 rings (SSSR count). The summed E-state index contributed by atoms with van der Waals surface area (Å²) >= 11 is 7.78. The van der Waals surface area contributed by atoms with E-state index in [2.05, 4.69) is 74.5 Å². The Kier molecular flexibility index (Phi) is 7.30. The van der Waals surface area contributed by atoms with Gasteiger partial charge in [-0.25, -0.2) is 0 Å². The molecule has 0 nitrogen and oxygen atoms in total. The number of aryl methyl sites for hydroxylation is 2. The van der Waals surface area contributed by atoms with E-state index in [4.69, 9.17) is 0 Å². The van der Waals surface area contributed by atoms with Crippen LogP contribution < -0.4 is 0 Å². The molecule has 0 fully saturated rings. The average molecular weight is 545 g/mol. The van der Waals surface area contributed by atoms with E-state index in [1.165, 1.54) is 111 Å². The van der Waals surface area contributed by atoms with E-state index in [0.717, 1.165) is 0 Å². The molecule has 0 unspecified atom stereocenters. The summed E-state index contributed by atoms with van der Waals surface area (Å²) in [5.41, 5.74) is 0. The fourth-order valence-corrected chi connectivity index (χ4v) is 9.28. The second kappa shape index (κ2) is 10.8. The largest absolute Gasteiger partial charge is 0.140 e. The third-order valence-electron chi connectivity index (χ3n) is 7.00. The van der Waals surface area contributed by atoms with Crippen molar-refractivity contribution in [1.82, 2.24) is 0 Å². The third kappa shape index (κ3) is 4.93. The Bertz CT molecular complexity index is 1540. The molecule has 0 spiro atoms. The molecule has 0 atom stereocenters. The Morgan fingerprint density at radius 2 is 0.889 bits per heavy atom. The van der Waals surface area contributed by atoms with Gasteiger partial charge in [-0.3, -0.25) is 0 Å². The van der Waals surface area contributed by atoms with Crippen molar-refractivity contribution in [2.45, 2.75) is 65.2 Å². The molecular weight excluding hydrogens is 513 g/mol. The van der Waals surface area contributed by atoms with Gasteiger partial charge in [0.2, 0.25) is 0 Å². The Morgan fingerprint density at radius 1 is 0.500 bits per heavy atom. The van der Waals surface area contributed by atoms with E-state index in [9.17, 15) is 0 Å². The van der Waals surface area contributed by atoms with Crippen LogP contribution in [-0.2, 0) is 12.8 Å². The van der Waals surface area contributed by atoms with Crippen LogP contribution in [0.1, 0.15) is 71.9 Å². The zero-order valence-corrected chi connectivity index (χ0v) is 24.3. The van der Waals surface area contributed by atoms with Crippen molar-refractivity contribution in [2.75, 3.05) is 0 Å². The first-order valence-electron chi connectivity index (χ1n) is 13.3. The molecule has 6 aromatic rings. The van der Waals surface area contributed by atoms with E-state index < -0.39 is 0 Å². The van der Waals surface area contributed by atoms with Gasteiger partial charge in [0.1, 0.15) is 0 Å². The minimum absolute atomic E-state index is 1.22. The molecular formula is C32H32S4. The highest BCUT2D eigenvalue weighted by molar-refractivity contribution is 7.22. The number of benzene rings is 2. The van der Waals surface area contributed by atoms with Crippen molar-refractivity contribution >= 4 is 97.8 Å². The second-order valence-electron chi connectivity index (χ2n) is 9.75. The van der Waals surface area contributed by atoms with Crippen LogP contribution in [0.2, 0.25) is 0 Å². The van der Waals surface area contributed by atoms with Crippen LogP contribution >= 0.6 is 45.3 Å². The Hall–Kier alpha value is -1.98. The molecule has 4 heteroatoms. The smallest absolute Gasteiger partial charge is 0.0356 e. The van der Waals surface area contributed by atoms with E-state index in [-0.39, 0.29) is 0 Å². The number of fused-ring (bicyclic) bond motifs is 6. The first-order chi connectivity index (χ1) is 17.7. The van der Waals surface area contributed by atoms with Gasteiger partial charge in [-0.1, -0.05) is 39.5 Å². The van der Waals surface area contributed by atoms with Crippen LogP contribution in [0.3, 0.4) is 0 Å². The Balaban J connectivity index is 1.27. The van der Waals surface area contributed by atoms with Crippen LogP contribution in [0.15, 0.2) is 48.5 Å². The maximum Gasteiger partial charge on any atom is 0.0356 e. The fourth-order valence-electron chi connectivity index (χ4n) is 5.08. The summed E-state index contributed by atoms with van der Waals surface area (Å²) in [6.07, 6.45) is 14.9. The molecule has 0 amide bonds. The number of hydrogen-bond acceptors (Lipinski definition) is 4. The molecule has 0 aliphatic rings. The summed E-state index contributed by atoms with van der Waals surface area (Å²) < 4.78 is 5.65. The van der Waals surface area contributed by atoms with Crippen LogP contribution in [0.5, 0.6) is 0 Å². The number of rotatable bonds is 10. The zero-order valence-electron chi connectivity index (χ0n) is 21.1. The first kappa shape index (κ1) is 24.4. The lowest BCUT2D eigenvalue weighted by atomic mass is 10.1. The lowest BCUT2D eigenvalue weighted by Crippen LogP contribution is -1.78. The molecule has 0 saturated heterocycles. The monoisotopic (exact) mass is 544 g/mol. The molecule has 36 heavy (non-hydrogen) atoms. The molecule has 0 N–H and O–H groups in total. The van der Waals surface area contributed by atoms with Gasteiger partial charge in [-0.2, -0.15) is 0 Å². The third-order valence-corrected chi connectivity index (χ3v) is 11.5. The maximum atomic E-state index is 2.45. The predicted molar refractivity (Wildman–Crippen MR) is 170 cm³/mol. The van der Waals surface area contributed by atoms with Crippen molar-refractivity contribution in [3.63, 3.8) is 0 Å². The summed E-state index contributed by atoms with van der Waals surface area (Å²) in [6, 6.07) is 19.0. The summed E-state index contributed by atoms with van der Waals surface area (Å²) in [5.74, 6) is 0. The van der Waals surface area contributed by atoms with Crippen molar-refractivity contribution in [3.8, 4) is 0 Å². The summed E-state index contributed by atoms with van der Waals surface area (Å²) in [4.78, 5) is 5.75. The van der Waals surface area contributed by atoms with E-state index in [0.29, 0.717) is 0 Å². The topological polar surface area (TPSA) is 0 Å². The predicted octanol–water partition coefficient (Wildman–Crippen LogP) is 12.2. The number of thiophene rings is 4.